The Bertz CT molecular complexity index is 603. The van der Waals surface area contributed by atoms with Crippen LogP contribution in [0.1, 0.15) is 44.7 Å². The molecule has 1 aromatic rings. The fourth-order valence-corrected chi connectivity index (χ4v) is 3.19. The van der Waals surface area contributed by atoms with Gasteiger partial charge in [-0.05, 0) is 58.3 Å². The topological polar surface area (TPSA) is 50.4 Å². The number of alkyl halides is 3. The predicted molar refractivity (Wildman–Crippen MR) is 89.5 cm³/mol. The molecule has 4 nitrogen and oxygen atoms in total. The lowest BCUT2D eigenvalue weighted by molar-refractivity contribution is -0.138. The number of piperidine rings is 1. The molecule has 0 aliphatic carbocycles. The summed E-state index contributed by atoms with van der Waals surface area (Å²) in [5, 5.41) is 5.84. The molecule has 140 valence electrons. The zero-order valence-corrected chi connectivity index (χ0v) is 14.8. The van der Waals surface area contributed by atoms with Crippen LogP contribution in [-0.2, 0) is 16.3 Å². The highest BCUT2D eigenvalue weighted by Gasteiger charge is 2.42. The maximum atomic E-state index is 13.5. The molecule has 0 saturated carbocycles. The molecule has 1 aromatic carbocycles. The molecule has 7 heteroatoms. The molecule has 1 aliphatic heterocycles. The van der Waals surface area contributed by atoms with Crippen molar-refractivity contribution in [3.05, 3.63) is 35.4 Å². The maximum absolute atomic E-state index is 13.5. The van der Waals surface area contributed by atoms with Gasteiger partial charge in [0.2, 0.25) is 0 Å². The van der Waals surface area contributed by atoms with Crippen molar-refractivity contribution in [1.82, 2.24) is 10.6 Å². The van der Waals surface area contributed by atoms with E-state index in [0.29, 0.717) is 25.9 Å². The molecule has 0 unspecified atom stereocenters. The number of alkyl carbamates (subject to hydrolysis) is 1. The summed E-state index contributed by atoms with van der Waals surface area (Å²) in [5.74, 6) is 0. The molecule has 1 heterocycles. The van der Waals surface area contributed by atoms with Crippen LogP contribution in [0.25, 0.3) is 0 Å². The van der Waals surface area contributed by atoms with Crippen molar-refractivity contribution in [2.75, 3.05) is 19.6 Å². The Morgan fingerprint density at radius 1 is 1.20 bits per heavy atom. The SMILES string of the molecule is CC(C)(C)OC(=O)NCC1(c2ccccc2C(F)(F)F)CCNCC1. The van der Waals surface area contributed by atoms with Crippen molar-refractivity contribution in [2.24, 2.45) is 0 Å². The molecule has 0 aromatic heterocycles. The summed E-state index contributed by atoms with van der Waals surface area (Å²) in [5.41, 5.74) is -1.83. The van der Waals surface area contributed by atoms with Crippen molar-refractivity contribution < 1.29 is 22.7 Å². The highest BCUT2D eigenvalue weighted by Crippen LogP contribution is 2.41. The number of ether oxygens (including phenoxy) is 1. The van der Waals surface area contributed by atoms with E-state index in [-0.39, 0.29) is 12.1 Å². The normalized spacial score (nSPS) is 17.8. The van der Waals surface area contributed by atoms with Crippen molar-refractivity contribution in [1.29, 1.82) is 0 Å². The summed E-state index contributed by atoms with van der Waals surface area (Å²) < 4.78 is 45.6. The van der Waals surface area contributed by atoms with Gasteiger partial charge >= 0.3 is 12.3 Å². The first kappa shape index (κ1) is 19.6. The van der Waals surface area contributed by atoms with E-state index in [1.54, 1.807) is 26.8 Å². The second-order valence-corrected chi connectivity index (χ2v) is 7.43. The summed E-state index contributed by atoms with van der Waals surface area (Å²) in [7, 11) is 0. The molecule has 1 fully saturated rings. The fraction of sp³-hybridized carbons (Fsp3) is 0.611. The molecular formula is C18H25F3N2O2. The van der Waals surface area contributed by atoms with Gasteiger partial charge in [-0.25, -0.2) is 4.79 Å². The van der Waals surface area contributed by atoms with Crippen LogP contribution in [0.5, 0.6) is 0 Å². The van der Waals surface area contributed by atoms with E-state index in [9.17, 15) is 18.0 Å². The third kappa shape index (κ3) is 5.11. The first-order valence-corrected chi connectivity index (χ1v) is 8.38. The van der Waals surface area contributed by atoms with E-state index in [2.05, 4.69) is 10.6 Å². The monoisotopic (exact) mass is 358 g/mol. The van der Waals surface area contributed by atoms with E-state index in [0.717, 1.165) is 6.07 Å². The Morgan fingerprint density at radius 2 is 1.80 bits per heavy atom. The van der Waals surface area contributed by atoms with Gasteiger partial charge in [-0.2, -0.15) is 13.2 Å². The smallest absolute Gasteiger partial charge is 0.416 e. The molecule has 25 heavy (non-hydrogen) atoms. The van der Waals surface area contributed by atoms with E-state index < -0.39 is 28.8 Å². The second-order valence-electron chi connectivity index (χ2n) is 7.43. The number of nitrogens with one attached hydrogen (secondary N) is 2. The van der Waals surface area contributed by atoms with Crippen LogP contribution in [0.2, 0.25) is 0 Å². The first-order valence-electron chi connectivity index (χ1n) is 8.38. The number of amides is 1. The number of hydrogen-bond donors (Lipinski definition) is 2. The van der Waals surface area contributed by atoms with Gasteiger partial charge in [0.05, 0.1) is 5.56 Å². The van der Waals surface area contributed by atoms with Crippen molar-refractivity contribution in [2.45, 2.75) is 50.8 Å². The van der Waals surface area contributed by atoms with Crippen molar-refractivity contribution >= 4 is 6.09 Å². The van der Waals surface area contributed by atoms with Crippen LogP contribution in [0, 0.1) is 0 Å². The minimum atomic E-state index is -4.43. The highest BCUT2D eigenvalue weighted by molar-refractivity contribution is 5.68. The fourth-order valence-electron chi connectivity index (χ4n) is 3.19. The largest absolute Gasteiger partial charge is 0.444 e. The summed E-state index contributed by atoms with van der Waals surface area (Å²) in [6.07, 6.45) is -4.03. The van der Waals surface area contributed by atoms with Gasteiger partial charge in [0.1, 0.15) is 5.60 Å². The molecule has 0 bridgehead atoms. The molecule has 1 aliphatic rings. The van der Waals surface area contributed by atoms with Crippen molar-refractivity contribution in [3.63, 3.8) is 0 Å². The Labute approximate surface area is 146 Å². The minimum Gasteiger partial charge on any atom is -0.444 e. The zero-order valence-electron chi connectivity index (χ0n) is 14.8. The maximum Gasteiger partial charge on any atom is 0.416 e. The van der Waals surface area contributed by atoms with E-state index in [1.165, 1.54) is 12.1 Å². The van der Waals surface area contributed by atoms with Crippen LogP contribution in [0.4, 0.5) is 18.0 Å². The average molecular weight is 358 g/mol. The van der Waals surface area contributed by atoms with Crippen LogP contribution in [0.3, 0.4) is 0 Å². The summed E-state index contributed by atoms with van der Waals surface area (Å²) in [6.45, 7) is 6.53. The lowest BCUT2D eigenvalue weighted by atomic mass is 9.71. The van der Waals surface area contributed by atoms with Gasteiger partial charge in [0.25, 0.3) is 0 Å². The van der Waals surface area contributed by atoms with Gasteiger partial charge in [-0.3, -0.25) is 0 Å². The highest BCUT2D eigenvalue weighted by atomic mass is 19.4. The lowest BCUT2D eigenvalue weighted by Gasteiger charge is -2.40. The van der Waals surface area contributed by atoms with E-state index >= 15 is 0 Å². The quantitative estimate of drug-likeness (QED) is 0.863. The van der Waals surface area contributed by atoms with Crippen LogP contribution in [0.15, 0.2) is 24.3 Å². The summed E-state index contributed by atoms with van der Waals surface area (Å²) in [4.78, 5) is 12.0. The van der Waals surface area contributed by atoms with Gasteiger partial charge in [0.15, 0.2) is 0 Å². The standard InChI is InChI=1S/C18H25F3N2O2/c1-16(2,3)25-15(24)23-12-17(8-10-22-11-9-17)13-6-4-5-7-14(13)18(19,20)21/h4-7,22H,8-12H2,1-3H3,(H,23,24). The second kappa shape index (κ2) is 7.23. The molecule has 1 amide bonds. The molecule has 2 rings (SSSR count). The molecule has 2 N–H and O–H groups in total. The molecular weight excluding hydrogens is 333 g/mol. The van der Waals surface area contributed by atoms with Gasteiger partial charge < -0.3 is 15.4 Å². The lowest BCUT2D eigenvalue weighted by Crippen LogP contribution is -2.49. The van der Waals surface area contributed by atoms with Gasteiger partial charge in [-0.1, -0.05) is 18.2 Å². The average Bonchev–Trinajstić information content (AvgIpc) is 2.51. The number of carbonyl (C=O) groups excluding carboxylic acids is 1. The molecule has 0 spiro atoms. The predicted octanol–water partition coefficient (Wildman–Crippen LogP) is 3.85. The number of benzene rings is 1. The van der Waals surface area contributed by atoms with Gasteiger partial charge in [-0.15, -0.1) is 0 Å². The first-order chi connectivity index (χ1) is 11.5. The Kier molecular flexibility index (Phi) is 5.66. The van der Waals surface area contributed by atoms with Crippen molar-refractivity contribution in [3.8, 4) is 0 Å². The molecule has 1 saturated heterocycles. The summed E-state index contributed by atoms with van der Waals surface area (Å²) >= 11 is 0. The van der Waals surface area contributed by atoms with E-state index in [4.69, 9.17) is 4.74 Å². The third-order valence-corrected chi connectivity index (χ3v) is 4.33. The number of hydrogen-bond acceptors (Lipinski definition) is 3. The Balaban J connectivity index is 2.29. The van der Waals surface area contributed by atoms with Crippen LogP contribution < -0.4 is 10.6 Å². The van der Waals surface area contributed by atoms with Crippen LogP contribution in [-0.4, -0.2) is 31.3 Å². The van der Waals surface area contributed by atoms with Gasteiger partial charge in [0, 0.05) is 12.0 Å². The number of rotatable bonds is 3. The Hall–Kier alpha value is -1.76. The number of halogens is 3. The minimum absolute atomic E-state index is 0.108. The molecule has 0 radical (unpaired) electrons. The van der Waals surface area contributed by atoms with Crippen LogP contribution >= 0.6 is 0 Å². The molecule has 0 atom stereocenters. The van der Waals surface area contributed by atoms with E-state index in [1.807, 2.05) is 0 Å². The third-order valence-electron chi connectivity index (χ3n) is 4.33. The zero-order chi connectivity index (χ0) is 18.7. The Morgan fingerprint density at radius 3 is 2.36 bits per heavy atom. The number of carbonyl (C=O) groups is 1. The summed E-state index contributed by atoms with van der Waals surface area (Å²) in [6, 6.07) is 5.63.